The molecule has 0 aromatic heterocycles. The number of nitrogens with one attached hydrogen (secondary N) is 1. The van der Waals surface area contributed by atoms with E-state index in [2.05, 4.69) is 46.9 Å². The lowest BCUT2D eigenvalue weighted by Crippen LogP contribution is -2.60. The van der Waals surface area contributed by atoms with Crippen molar-refractivity contribution in [3.8, 4) is 11.5 Å². The molecule has 1 aliphatic heterocycles. The number of hydrogen-bond acceptors (Lipinski definition) is 11. The van der Waals surface area contributed by atoms with Crippen molar-refractivity contribution in [3.05, 3.63) is 89.5 Å². The van der Waals surface area contributed by atoms with Gasteiger partial charge >= 0.3 is 11.9 Å². The largest absolute Gasteiger partial charge is 0.427 e. The van der Waals surface area contributed by atoms with Crippen molar-refractivity contribution in [1.29, 1.82) is 0 Å². The molecule has 0 saturated heterocycles. The van der Waals surface area contributed by atoms with Crippen LogP contribution in [0.5, 0.6) is 11.5 Å². The zero-order valence-corrected chi connectivity index (χ0v) is 47.6. The molecule has 12 heteroatoms. The first kappa shape index (κ1) is 54.7. The number of benzene rings is 3. The van der Waals surface area contributed by atoms with Gasteiger partial charge < -0.3 is 14.8 Å². The van der Waals surface area contributed by atoms with Gasteiger partial charge in [-0.05, 0) is 163 Å². The lowest BCUT2D eigenvalue weighted by atomic mass is 9.44. The Bertz CT molecular complexity index is 2930. The van der Waals surface area contributed by atoms with E-state index in [1.165, 1.54) is 0 Å². The normalized spacial score (nSPS) is 38.6. The summed E-state index contributed by atoms with van der Waals surface area (Å²) in [5, 5.41) is 3.08. The summed E-state index contributed by atoms with van der Waals surface area (Å²) in [5.74, 6) is 0.866. The van der Waals surface area contributed by atoms with Crippen LogP contribution in [0.25, 0.3) is 0 Å². The number of anilines is 1. The van der Waals surface area contributed by atoms with Crippen molar-refractivity contribution in [3.63, 3.8) is 0 Å². The number of ketones is 6. The van der Waals surface area contributed by atoms with Crippen molar-refractivity contribution in [2.75, 3.05) is 5.32 Å². The van der Waals surface area contributed by atoms with Crippen LogP contribution in [-0.4, -0.2) is 52.5 Å². The Morgan fingerprint density at radius 1 is 0.537 bits per heavy atom. The Morgan fingerprint density at radius 2 is 0.963 bits per heavy atom. The Balaban J connectivity index is 0.678. The zero-order valence-electron chi connectivity index (χ0n) is 47.6. The maximum atomic E-state index is 14.4. The molecule has 16 atom stereocenters. The Labute approximate surface area is 470 Å². The predicted octanol–water partition coefficient (Wildman–Crippen LogP) is 11.8. The van der Waals surface area contributed by atoms with Gasteiger partial charge in [0.1, 0.15) is 51.6 Å². The van der Waals surface area contributed by atoms with Gasteiger partial charge in [0.05, 0.1) is 0 Å². The Morgan fingerprint density at radius 3 is 1.40 bits per heavy atom. The fraction of sp³-hybridized carbons (Fsp3) is 0.603. The highest BCUT2D eigenvalue weighted by Gasteiger charge is 2.68. The minimum atomic E-state index is -1.28. The van der Waals surface area contributed by atoms with Crippen molar-refractivity contribution in [2.45, 2.75) is 163 Å². The summed E-state index contributed by atoms with van der Waals surface area (Å²) < 4.78 is 11.8. The standard InChI is InChI=1S/C68H79NO11/c1-37(47-21-23-50-61-52(35-57(74)66(47,50)5)64(3)29-27-43(70)31-41(64)33-55(61)72)11-25-59(76)79-45-17-13-39(14-18-45)68(49-9-7-8-10-54(49)69-63(68)78)40-15-19-46(20-16-40)80-60(77)26-12-38(2)48-22-24-51-62-53(36-58(75)67(48,51)6)65(4)30-28-44(71)32-42(65)34-56(62)73/h7-10,13-20,37-38,41-42,47-48,50-53,61-62H,11-12,21-36H2,1-6H3,(H,69,78)/t37-,38-,41+,42+,47-,48-,50?,51?,52?,53?,61?,62?,64+,65+,66-,67-,68?/m1/s1. The molecule has 0 bridgehead atoms. The molecule has 1 amide bonds. The van der Waals surface area contributed by atoms with Crippen molar-refractivity contribution < 1.29 is 52.6 Å². The van der Waals surface area contributed by atoms with Crippen LogP contribution in [0.2, 0.25) is 0 Å². The number of para-hydroxylation sites is 1. The van der Waals surface area contributed by atoms with Crippen LogP contribution >= 0.6 is 0 Å². The van der Waals surface area contributed by atoms with E-state index < -0.39 is 28.2 Å². The van der Waals surface area contributed by atoms with Gasteiger partial charge in [-0.15, -0.1) is 0 Å². The first-order valence-electron chi connectivity index (χ1n) is 30.3. The summed E-state index contributed by atoms with van der Waals surface area (Å²) in [6, 6.07) is 21.6. The van der Waals surface area contributed by atoms with E-state index in [-0.39, 0.29) is 135 Å². The molecule has 1 heterocycles. The Kier molecular flexibility index (Phi) is 13.6. The fourth-order valence-corrected chi connectivity index (χ4v) is 19.8. The second-order valence-corrected chi connectivity index (χ2v) is 27.7. The average Bonchev–Trinajstić information content (AvgIpc) is 4.23. The van der Waals surface area contributed by atoms with Crippen LogP contribution in [0.1, 0.15) is 174 Å². The number of hydrogen-bond donors (Lipinski definition) is 1. The van der Waals surface area contributed by atoms with Crippen molar-refractivity contribution >= 4 is 58.2 Å². The molecule has 12 rings (SSSR count). The van der Waals surface area contributed by atoms with Crippen LogP contribution in [0, 0.1) is 92.7 Å². The van der Waals surface area contributed by atoms with Crippen LogP contribution in [0.4, 0.5) is 5.69 Å². The molecule has 422 valence electrons. The minimum absolute atomic E-state index is 0.0149. The molecular weight excluding hydrogens is 1010 g/mol. The van der Waals surface area contributed by atoms with E-state index in [9.17, 15) is 43.2 Å². The second-order valence-electron chi connectivity index (χ2n) is 27.7. The minimum Gasteiger partial charge on any atom is -0.427 e. The summed E-state index contributed by atoms with van der Waals surface area (Å²) in [6.07, 6.45) is 9.75. The van der Waals surface area contributed by atoms with Gasteiger partial charge in [0.15, 0.2) is 0 Å². The molecule has 80 heavy (non-hydrogen) atoms. The fourth-order valence-electron chi connectivity index (χ4n) is 19.8. The molecule has 8 saturated carbocycles. The summed E-state index contributed by atoms with van der Waals surface area (Å²) in [5.41, 5.74) is -0.174. The van der Waals surface area contributed by atoms with Crippen molar-refractivity contribution in [2.24, 2.45) is 92.7 Å². The highest BCUT2D eigenvalue weighted by atomic mass is 16.5. The summed E-state index contributed by atoms with van der Waals surface area (Å²) in [4.78, 5) is 123. The van der Waals surface area contributed by atoms with E-state index in [4.69, 9.17) is 9.47 Å². The van der Waals surface area contributed by atoms with Crippen LogP contribution in [0.3, 0.4) is 0 Å². The number of carbonyl (C=O) groups excluding carboxylic acids is 9. The molecule has 8 fully saturated rings. The third kappa shape index (κ3) is 8.33. The summed E-state index contributed by atoms with van der Waals surface area (Å²) >= 11 is 0. The first-order valence-corrected chi connectivity index (χ1v) is 30.3. The van der Waals surface area contributed by atoms with Gasteiger partial charge in [-0.25, -0.2) is 0 Å². The van der Waals surface area contributed by atoms with Gasteiger partial charge in [0, 0.05) is 98.1 Å². The van der Waals surface area contributed by atoms with Gasteiger partial charge in [-0.2, -0.15) is 0 Å². The zero-order chi connectivity index (χ0) is 56.4. The topological polar surface area (TPSA) is 184 Å². The van der Waals surface area contributed by atoms with Crippen LogP contribution in [0.15, 0.2) is 72.8 Å². The highest BCUT2D eigenvalue weighted by molar-refractivity contribution is 6.11. The van der Waals surface area contributed by atoms with E-state index >= 15 is 0 Å². The SMILES string of the molecule is C[C@H](CCC(=O)Oc1ccc(C2(c3ccc(OC(=O)CC[C@@H](C)[C@H]4CCC5C6C(=O)C[C@@H]7CC(=O)CC[C@]7(C)C6CC(=O)[C@@]54C)cc3)C(=O)Nc3ccccc32)cc1)[C@H]1CCC2C3C(=O)C[C@@H]4CC(=O)CC[C@]4(C)C3CC(=O)[C@@]21C. The molecule has 9 aliphatic rings. The lowest BCUT2D eigenvalue weighted by Gasteiger charge is -2.58. The molecule has 3 aromatic rings. The number of rotatable bonds is 12. The monoisotopic (exact) mass is 1090 g/mol. The van der Waals surface area contributed by atoms with Gasteiger partial charge in [0.25, 0.3) is 0 Å². The van der Waals surface area contributed by atoms with Gasteiger partial charge in [0.2, 0.25) is 5.91 Å². The highest BCUT2D eigenvalue weighted by Crippen LogP contribution is 2.68. The maximum absolute atomic E-state index is 14.4. The molecular formula is C68H79NO11. The molecule has 12 nitrogen and oxygen atoms in total. The number of esters is 2. The third-order valence-corrected chi connectivity index (χ3v) is 24.4. The smallest absolute Gasteiger partial charge is 0.311 e. The third-order valence-electron chi connectivity index (χ3n) is 24.4. The molecule has 6 unspecified atom stereocenters. The van der Waals surface area contributed by atoms with E-state index in [1.807, 2.05) is 24.3 Å². The van der Waals surface area contributed by atoms with Gasteiger partial charge in [-0.1, -0.05) is 84.0 Å². The molecule has 3 aromatic carbocycles. The molecule has 0 radical (unpaired) electrons. The first-order chi connectivity index (χ1) is 38.1. The summed E-state index contributed by atoms with van der Waals surface area (Å²) in [6.45, 7) is 12.9. The quantitative estimate of drug-likeness (QED) is 0.134. The second kappa shape index (κ2) is 19.9. The predicted molar refractivity (Wildman–Crippen MR) is 298 cm³/mol. The Hall–Kier alpha value is -5.91. The van der Waals surface area contributed by atoms with Crippen LogP contribution in [-0.2, 0) is 48.6 Å². The van der Waals surface area contributed by atoms with E-state index in [0.29, 0.717) is 92.5 Å². The molecule has 1 N–H and O–H groups in total. The number of Topliss-reactive ketones (excluding diaryl/α,β-unsaturated/α-hetero) is 6. The van der Waals surface area contributed by atoms with E-state index in [0.717, 1.165) is 44.1 Å². The maximum Gasteiger partial charge on any atom is 0.311 e. The van der Waals surface area contributed by atoms with Gasteiger partial charge in [-0.3, -0.25) is 43.2 Å². The van der Waals surface area contributed by atoms with E-state index in [1.54, 1.807) is 48.5 Å². The average molecular weight is 1090 g/mol. The number of fused-ring (bicyclic) bond motifs is 11. The summed E-state index contributed by atoms with van der Waals surface area (Å²) in [7, 11) is 0. The van der Waals surface area contributed by atoms with Crippen molar-refractivity contribution in [1.82, 2.24) is 0 Å². The molecule has 0 spiro atoms. The number of amides is 1. The molecule has 8 aliphatic carbocycles. The number of ether oxygens (including phenoxy) is 2. The lowest BCUT2D eigenvalue weighted by molar-refractivity contribution is -0.168. The number of carbonyl (C=O) groups is 9. The van der Waals surface area contributed by atoms with Crippen LogP contribution < -0.4 is 14.8 Å².